The first-order valence-electron chi connectivity index (χ1n) is 5.12. The molecular weight excluding hydrogens is 210 g/mol. The maximum absolute atomic E-state index is 8.39. The molecule has 1 aromatic rings. The van der Waals surface area contributed by atoms with Crippen LogP contribution in [0.4, 0.5) is 0 Å². The van der Waals surface area contributed by atoms with Gasteiger partial charge in [-0.3, -0.25) is 0 Å². The van der Waals surface area contributed by atoms with Gasteiger partial charge in [0.1, 0.15) is 0 Å². The predicted octanol–water partition coefficient (Wildman–Crippen LogP) is 0.731. The molecule has 0 bridgehead atoms. The zero-order valence-electron chi connectivity index (χ0n) is 9.31. The molecule has 0 saturated heterocycles. The Bertz CT molecular complexity index is 332. The molecule has 0 radical (unpaired) electrons. The number of methoxy groups -OCH3 is 1. The fourth-order valence-corrected chi connectivity index (χ4v) is 1.06. The minimum absolute atomic E-state index is 0.395. The van der Waals surface area contributed by atoms with Crippen molar-refractivity contribution in [1.82, 2.24) is 10.1 Å². The zero-order valence-corrected chi connectivity index (χ0v) is 9.31. The van der Waals surface area contributed by atoms with E-state index < -0.39 is 0 Å². The largest absolute Gasteiger partial charge is 0.382 e. The van der Waals surface area contributed by atoms with Crippen molar-refractivity contribution in [2.45, 2.75) is 19.3 Å². The highest BCUT2D eigenvalue weighted by Crippen LogP contribution is 2.01. The molecule has 0 N–H and O–H groups in total. The van der Waals surface area contributed by atoms with E-state index in [0.29, 0.717) is 50.8 Å². The van der Waals surface area contributed by atoms with Crippen LogP contribution in [0.1, 0.15) is 18.1 Å². The van der Waals surface area contributed by atoms with Gasteiger partial charge in [0, 0.05) is 26.4 Å². The van der Waals surface area contributed by atoms with E-state index in [4.69, 9.17) is 19.3 Å². The van der Waals surface area contributed by atoms with Crippen molar-refractivity contribution in [3.63, 3.8) is 0 Å². The van der Waals surface area contributed by atoms with Gasteiger partial charge in [-0.2, -0.15) is 10.2 Å². The van der Waals surface area contributed by atoms with E-state index in [2.05, 4.69) is 10.1 Å². The van der Waals surface area contributed by atoms with Gasteiger partial charge in [0.15, 0.2) is 5.82 Å². The first kappa shape index (κ1) is 12.6. The molecule has 1 rings (SSSR count). The summed E-state index contributed by atoms with van der Waals surface area (Å²) in [5.74, 6) is 1.12. The van der Waals surface area contributed by atoms with Crippen molar-refractivity contribution >= 4 is 0 Å². The van der Waals surface area contributed by atoms with Gasteiger partial charge < -0.3 is 14.0 Å². The first-order chi connectivity index (χ1) is 7.86. The minimum atomic E-state index is 0.395. The number of ether oxygens (including phenoxy) is 2. The predicted molar refractivity (Wildman–Crippen MR) is 54.6 cm³/mol. The van der Waals surface area contributed by atoms with E-state index in [1.54, 1.807) is 7.11 Å². The number of aryl methyl sites for hydroxylation is 1. The smallest absolute Gasteiger partial charge is 0.227 e. The van der Waals surface area contributed by atoms with Gasteiger partial charge in [-0.05, 0) is 0 Å². The molecule has 16 heavy (non-hydrogen) atoms. The van der Waals surface area contributed by atoms with E-state index in [0.717, 1.165) is 0 Å². The molecule has 0 unspecified atom stereocenters. The summed E-state index contributed by atoms with van der Waals surface area (Å²) in [7, 11) is 1.63. The van der Waals surface area contributed by atoms with Crippen LogP contribution in [0.2, 0.25) is 0 Å². The van der Waals surface area contributed by atoms with Gasteiger partial charge in [0.25, 0.3) is 0 Å². The third-order valence-corrected chi connectivity index (χ3v) is 1.86. The number of nitriles is 1. The molecule has 1 aromatic heterocycles. The first-order valence-corrected chi connectivity index (χ1v) is 5.12. The van der Waals surface area contributed by atoms with Crippen LogP contribution in [0.3, 0.4) is 0 Å². The highest BCUT2D eigenvalue weighted by Gasteiger charge is 2.05. The highest BCUT2D eigenvalue weighted by molar-refractivity contribution is 4.89. The Morgan fingerprint density at radius 1 is 1.31 bits per heavy atom. The average Bonchev–Trinajstić information content (AvgIpc) is 2.74. The molecule has 0 spiro atoms. The summed E-state index contributed by atoms with van der Waals surface area (Å²) in [6.45, 7) is 1.69. The number of nitrogens with zero attached hydrogens (tertiary/aromatic N) is 3. The molecule has 88 valence electrons. The maximum Gasteiger partial charge on any atom is 0.227 e. The van der Waals surface area contributed by atoms with Crippen molar-refractivity contribution in [2.24, 2.45) is 0 Å². The topological polar surface area (TPSA) is 81.2 Å². The second kappa shape index (κ2) is 7.79. The summed E-state index contributed by atoms with van der Waals surface area (Å²) in [5, 5.41) is 12.2. The van der Waals surface area contributed by atoms with Gasteiger partial charge in [-0.1, -0.05) is 5.16 Å². The quantitative estimate of drug-likeness (QED) is 0.607. The van der Waals surface area contributed by atoms with Crippen molar-refractivity contribution in [2.75, 3.05) is 26.9 Å². The van der Waals surface area contributed by atoms with Crippen molar-refractivity contribution < 1.29 is 14.0 Å². The molecule has 0 fully saturated rings. The molecule has 0 aliphatic carbocycles. The fraction of sp³-hybridized carbons (Fsp3) is 0.700. The SMILES string of the molecule is COCCOCCc1noc(CCC#N)n1. The van der Waals surface area contributed by atoms with Gasteiger partial charge >= 0.3 is 0 Å². The van der Waals surface area contributed by atoms with Crippen LogP contribution in [-0.2, 0) is 22.3 Å². The Morgan fingerprint density at radius 2 is 2.19 bits per heavy atom. The third kappa shape index (κ3) is 4.87. The number of hydrogen-bond acceptors (Lipinski definition) is 6. The molecule has 0 aromatic carbocycles. The lowest BCUT2D eigenvalue weighted by Gasteiger charge is -1.99. The normalized spacial score (nSPS) is 10.2. The average molecular weight is 225 g/mol. The second-order valence-electron chi connectivity index (χ2n) is 3.12. The van der Waals surface area contributed by atoms with Crippen LogP contribution < -0.4 is 0 Å². The molecule has 0 aliphatic rings. The van der Waals surface area contributed by atoms with E-state index in [1.807, 2.05) is 6.07 Å². The summed E-state index contributed by atoms with van der Waals surface area (Å²) in [6, 6.07) is 2.03. The van der Waals surface area contributed by atoms with Gasteiger partial charge in [-0.25, -0.2) is 0 Å². The summed E-state index contributed by atoms with van der Waals surface area (Å²) >= 11 is 0. The maximum atomic E-state index is 8.39. The standard InChI is InChI=1S/C10H15N3O3/c1-14-7-8-15-6-4-9-12-10(16-13-9)3-2-5-11/h2-4,6-8H2,1H3. The Kier molecular flexibility index (Phi) is 6.15. The lowest BCUT2D eigenvalue weighted by molar-refractivity contribution is 0.0714. The summed E-state index contributed by atoms with van der Waals surface area (Å²) in [5.41, 5.74) is 0. The fourth-order valence-electron chi connectivity index (χ4n) is 1.06. The van der Waals surface area contributed by atoms with Gasteiger partial charge in [0.2, 0.25) is 5.89 Å². The number of aromatic nitrogens is 2. The van der Waals surface area contributed by atoms with E-state index in [1.165, 1.54) is 0 Å². The summed E-state index contributed by atoms with van der Waals surface area (Å²) < 4.78 is 15.1. The number of rotatable bonds is 8. The van der Waals surface area contributed by atoms with E-state index in [-0.39, 0.29) is 0 Å². The summed E-state index contributed by atoms with van der Waals surface area (Å²) in [4.78, 5) is 4.13. The second-order valence-corrected chi connectivity index (χ2v) is 3.12. The Labute approximate surface area is 94.2 Å². The Hall–Kier alpha value is -1.45. The van der Waals surface area contributed by atoms with Crippen LogP contribution in [0.25, 0.3) is 0 Å². The molecular formula is C10H15N3O3. The highest BCUT2D eigenvalue weighted by atomic mass is 16.5. The zero-order chi connectivity index (χ0) is 11.6. The molecule has 0 amide bonds. The Balaban J connectivity index is 2.17. The van der Waals surface area contributed by atoms with Crippen LogP contribution in [-0.4, -0.2) is 37.1 Å². The minimum Gasteiger partial charge on any atom is -0.382 e. The summed E-state index contributed by atoms with van der Waals surface area (Å²) in [6.07, 6.45) is 1.51. The van der Waals surface area contributed by atoms with Crippen molar-refractivity contribution in [3.05, 3.63) is 11.7 Å². The lowest BCUT2D eigenvalue weighted by atomic mass is 10.3. The van der Waals surface area contributed by atoms with Crippen LogP contribution in [0.15, 0.2) is 4.52 Å². The van der Waals surface area contributed by atoms with Crippen LogP contribution in [0, 0.1) is 11.3 Å². The number of hydrogen-bond donors (Lipinski definition) is 0. The van der Waals surface area contributed by atoms with Crippen molar-refractivity contribution in [1.29, 1.82) is 5.26 Å². The van der Waals surface area contributed by atoms with E-state index in [9.17, 15) is 0 Å². The monoisotopic (exact) mass is 225 g/mol. The molecule has 0 aliphatic heterocycles. The van der Waals surface area contributed by atoms with Gasteiger partial charge in [-0.15, -0.1) is 0 Å². The Morgan fingerprint density at radius 3 is 2.94 bits per heavy atom. The lowest BCUT2D eigenvalue weighted by Crippen LogP contribution is -2.05. The van der Waals surface area contributed by atoms with Crippen LogP contribution >= 0.6 is 0 Å². The molecule has 0 saturated carbocycles. The van der Waals surface area contributed by atoms with E-state index >= 15 is 0 Å². The molecule has 6 nitrogen and oxygen atoms in total. The van der Waals surface area contributed by atoms with Crippen LogP contribution in [0.5, 0.6) is 0 Å². The molecule has 6 heteroatoms. The van der Waals surface area contributed by atoms with Gasteiger partial charge in [0.05, 0.1) is 25.9 Å². The molecule has 1 heterocycles. The molecule has 0 atom stereocenters. The van der Waals surface area contributed by atoms with Crippen molar-refractivity contribution in [3.8, 4) is 6.07 Å². The third-order valence-electron chi connectivity index (χ3n) is 1.86.